The second kappa shape index (κ2) is 8.94. The highest BCUT2D eigenvalue weighted by Crippen LogP contribution is 2.35. The number of aryl methyl sites for hydroxylation is 1. The highest BCUT2D eigenvalue weighted by atomic mass is 16.5. The van der Waals surface area contributed by atoms with Crippen molar-refractivity contribution in [1.82, 2.24) is 15.5 Å². The normalized spacial score (nSPS) is 20.6. The molecule has 2 N–H and O–H groups in total. The van der Waals surface area contributed by atoms with Crippen molar-refractivity contribution in [2.45, 2.75) is 38.3 Å². The van der Waals surface area contributed by atoms with E-state index in [1.54, 1.807) is 36.3 Å². The molecule has 2 aromatic rings. The van der Waals surface area contributed by atoms with E-state index in [4.69, 9.17) is 13.9 Å². The smallest absolute Gasteiger partial charge is 0.255 e. The van der Waals surface area contributed by atoms with Gasteiger partial charge in [-0.1, -0.05) is 0 Å². The molecule has 1 aromatic heterocycles. The monoisotopic (exact) mass is 441 g/mol. The number of hydrogen-bond acceptors (Lipinski definition) is 6. The third-order valence-corrected chi connectivity index (χ3v) is 5.91. The highest BCUT2D eigenvalue weighted by molar-refractivity contribution is 5.97. The van der Waals surface area contributed by atoms with Gasteiger partial charge in [-0.05, 0) is 37.6 Å². The van der Waals surface area contributed by atoms with Gasteiger partial charge in [0.25, 0.3) is 5.91 Å². The number of furan rings is 1. The third kappa shape index (κ3) is 4.71. The lowest BCUT2D eigenvalue weighted by Crippen LogP contribution is -2.46. The summed E-state index contributed by atoms with van der Waals surface area (Å²) in [5, 5.41) is 5.70. The second-order valence-corrected chi connectivity index (χ2v) is 8.18. The number of ether oxygens (including phenoxy) is 2. The molecule has 1 spiro atoms. The number of nitrogens with one attached hydrogen (secondary N) is 2. The Hall–Kier alpha value is -3.49. The maximum absolute atomic E-state index is 12.7. The minimum Gasteiger partial charge on any atom is -0.497 e. The Morgan fingerprint density at radius 3 is 2.84 bits per heavy atom. The van der Waals surface area contributed by atoms with Crippen LogP contribution in [0.4, 0.5) is 0 Å². The van der Waals surface area contributed by atoms with Crippen molar-refractivity contribution in [3.05, 3.63) is 47.4 Å². The van der Waals surface area contributed by atoms with Gasteiger partial charge >= 0.3 is 0 Å². The lowest BCUT2D eigenvalue weighted by atomic mass is 9.94. The van der Waals surface area contributed by atoms with E-state index in [1.807, 2.05) is 13.0 Å². The van der Waals surface area contributed by atoms with Crippen molar-refractivity contribution in [2.24, 2.45) is 0 Å². The summed E-state index contributed by atoms with van der Waals surface area (Å²) < 4.78 is 17.0. The van der Waals surface area contributed by atoms with E-state index in [0.717, 1.165) is 5.76 Å². The van der Waals surface area contributed by atoms with Gasteiger partial charge in [0, 0.05) is 25.5 Å². The van der Waals surface area contributed by atoms with E-state index in [9.17, 15) is 14.4 Å². The van der Waals surface area contributed by atoms with Crippen LogP contribution >= 0.6 is 0 Å². The van der Waals surface area contributed by atoms with E-state index in [2.05, 4.69) is 10.6 Å². The molecular formula is C23H27N3O6. The molecule has 1 atom stereocenters. The van der Waals surface area contributed by atoms with Gasteiger partial charge < -0.3 is 29.4 Å². The van der Waals surface area contributed by atoms with E-state index in [-0.39, 0.29) is 43.8 Å². The molecule has 1 fully saturated rings. The third-order valence-electron chi connectivity index (χ3n) is 5.91. The van der Waals surface area contributed by atoms with E-state index < -0.39 is 5.60 Å². The van der Waals surface area contributed by atoms with Crippen molar-refractivity contribution in [3.8, 4) is 11.5 Å². The van der Waals surface area contributed by atoms with Gasteiger partial charge in [0.05, 0.1) is 32.3 Å². The summed E-state index contributed by atoms with van der Waals surface area (Å²) in [6.07, 6.45) is 1.15. The molecule has 1 saturated heterocycles. The van der Waals surface area contributed by atoms with Crippen molar-refractivity contribution >= 4 is 17.7 Å². The van der Waals surface area contributed by atoms with Gasteiger partial charge in [-0.15, -0.1) is 0 Å². The molecule has 1 aromatic carbocycles. The van der Waals surface area contributed by atoms with Crippen molar-refractivity contribution < 1.29 is 28.3 Å². The predicted octanol–water partition coefficient (Wildman–Crippen LogP) is 1.79. The molecule has 4 rings (SSSR count). The van der Waals surface area contributed by atoms with Crippen LogP contribution < -0.4 is 20.1 Å². The number of fused-ring (bicyclic) bond motifs is 1. The summed E-state index contributed by atoms with van der Waals surface area (Å²) in [5.74, 6) is 1.87. The lowest BCUT2D eigenvalue weighted by molar-refractivity contribution is -0.135. The molecule has 0 aliphatic carbocycles. The number of nitrogens with zero attached hydrogens (tertiary/aromatic N) is 1. The zero-order chi connectivity index (χ0) is 22.7. The molecule has 1 unspecified atom stereocenters. The van der Waals surface area contributed by atoms with Crippen LogP contribution in [-0.4, -0.2) is 55.0 Å². The van der Waals surface area contributed by atoms with Gasteiger partial charge in [0.1, 0.15) is 28.6 Å². The number of hydrogen-bond donors (Lipinski definition) is 2. The van der Waals surface area contributed by atoms with Gasteiger partial charge in [0.2, 0.25) is 11.8 Å². The summed E-state index contributed by atoms with van der Waals surface area (Å²) in [6, 6.07) is 8.71. The summed E-state index contributed by atoms with van der Waals surface area (Å²) >= 11 is 0. The topological polar surface area (TPSA) is 110 Å². The number of rotatable bonds is 5. The van der Waals surface area contributed by atoms with Gasteiger partial charge in [0.15, 0.2) is 0 Å². The zero-order valence-electron chi connectivity index (χ0n) is 18.2. The van der Waals surface area contributed by atoms with Crippen LogP contribution in [0, 0.1) is 6.92 Å². The minimum absolute atomic E-state index is 0.0363. The molecule has 0 bridgehead atoms. The second-order valence-electron chi connectivity index (χ2n) is 8.18. The number of carbonyl (C=O) groups excluding carboxylic acids is 3. The molecule has 0 radical (unpaired) electrons. The number of benzene rings is 1. The van der Waals surface area contributed by atoms with Gasteiger partial charge in [-0.25, -0.2) is 0 Å². The molecular weight excluding hydrogens is 414 g/mol. The fourth-order valence-corrected chi connectivity index (χ4v) is 4.03. The maximum Gasteiger partial charge on any atom is 0.255 e. The van der Waals surface area contributed by atoms with Crippen LogP contribution in [-0.2, 0) is 16.1 Å². The van der Waals surface area contributed by atoms with Crippen LogP contribution in [0.2, 0.25) is 0 Å². The predicted molar refractivity (Wildman–Crippen MR) is 114 cm³/mol. The minimum atomic E-state index is -0.736. The summed E-state index contributed by atoms with van der Waals surface area (Å²) in [7, 11) is 1.55. The van der Waals surface area contributed by atoms with E-state index in [0.29, 0.717) is 42.2 Å². The maximum atomic E-state index is 12.7. The average molecular weight is 441 g/mol. The number of likely N-dealkylation sites (tertiary alicyclic amines) is 1. The molecule has 9 nitrogen and oxygen atoms in total. The molecule has 3 heterocycles. The summed E-state index contributed by atoms with van der Waals surface area (Å²) in [6.45, 7) is 2.70. The number of amides is 3. The van der Waals surface area contributed by atoms with E-state index in [1.165, 1.54) is 0 Å². The van der Waals surface area contributed by atoms with Crippen LogP contribution in [0.25, 0.3) is 0 Å². The SMILES string of the molecule is COc1ccc2c(c1)OC1(CCC(=O)N(CC(=O)NCc3ccc(C)o3)CC1)CNC2=O. The zero-order valence-corrected chi connectivity index (χ0v) is 18.2. The molecule has 0 saturated carbocycles. The first-order valence-electron chi connectivity index (χ1n) is 10.6. The molecule has 32 heavy (non-hydrogen) atoms. The first kappa shape index (κ1) is 21.7. The molecule has 2 aliphatic rings. The fraction of sp³-hybridized carbons (Fsp3) is 0.435. The van der Waals surface area contributed by atoms with E-state index >= 15 is 0 Å². The van der Waals surface area contributed by atoms with Gasteiger partial charge in [-0.2, -0.15) is 0 Å². The fourth-order valence-electron chi connectivity index (χ4n) is 4.03. The molecule has 9 heteroatoms. The van der Waals surface area contributed by atoms with Crippen LogP contribution in [0.3, 0.4) is 0 Å². The Morgan fingerprint density at radius 1 is 1.25 bits per heavy atom. The summed E-state index contributed by atoms with van der Waals surface area (Å²) in [5.41, 5.74) is -0.303. The Bertz CT molecular complexity index is 1030. The van der Waals surface area contributed by atoms with Crippen LogP contribution in [0.5, 0.6) is 11.5 Å². The molecule has 170 valence electrons. The van der Waals surface area contributed by atoms with Gasteiger partial charge in [-0.3, -0.25) is 14.4 Å². The largest absolute Gasteiger partial charge is 0.497 e. The number of methoxy groups -OCH3 is 1. The van der Waals surface area contributed by atoms with Crippen LogP contribution in [0.15, 0.2) is 34.7 Å². The average Bonchev–Trinajstić information content (AvgIpc) is 3.08. The van der Waals surface area contributed by atoms with Crippen LogP contribution in [0.1, 0.15) is 41.1 Å². The van der Waals surface area contributed by atoms with Crippen molar-refractivity contribution in [1.29, 1.82) is 0 Å². The first-order chi connectivity index (χ1) is 15.4. The highest BCUT2D eigenvalue weighted by Gasteiger charge is 2.40. The number of carbonyl (C=O) groups is 3. The van der Waals surface area contributed by atoms with Crippen molar-refractivity contribution in [2.75, 3.05) is 26.7 Å². The first-order valence-corrected chi connectivity index (χ1v) is 10.6. The Kier molecular flexibility index (Phi) is 6.07. The Morgan fingerprint density at radius 2 is 2.09 bits per heavy atom. The molecule has 3 amide bonds. The summed E-state index contributed by atoms with van der Waals surface area (Å²) in [4.78, 5) is 39.2. The standard InChI is InChI=1S/C23H27N3O6/c1-15-3-4-17(31-15)12-24-20(27)13-26-10-9-23(8-7-21(26)28)14-25-22(29)18-6-5-16(30-2)11-19(18)32-23/h3-6,11H,7-10,12-14H2,1-2H3,(H,24,27)(H,25,29). The molecule has 2 aliphatic heterocycles. The quantitative estimate of drug-likeness (QED) is 0.732. The Labute approximate surface area is 186 Å². The Balaban J connectivity index is 1.42. The lowest BCUT2D eigenvalue weighted by Gasteiger charge is -2.32. The van der Waals surface area contributed by atoms with Crippen molar-refractivity contribution in [3.63, 3.8) is 0 Å².